The topological polar surface area (TPSA) is 24.9 Å². The van der Waals surface area contributed by atoms with Gasteiger partial charge in [-0.3, -0.25) is 0 Å². The number of benzene rings is 1. The van der Waals surface area contributed by atoms with Gasteiger partial charge in [0, 0.05) is 28.9 Å². The molecule has 0 saturated heterocycles. The maximum absolute atomic E-state index is 13.9. The molecule has 1 aromatic carbocycles. The highest BCUT2D eigenvalue weighted by Crippen LogP contribution is 2.44. The number of thiazole rings is 1. The lowest BCUT2D eigenvalue weighted by atomic mass is 10.2. The Balaban J connectivity index is 1.93. The van der Waals surface area contributed by atoms with Gasteiger partial charge in [0.1, 0.15) is 10.8 Å². The molecule has 1 aliphatic carbocycles. The van der Waals surface area contributed by atoms with Gasteiger partial charge in [0.05, 0.1) is 5.69 Å². The highest BCUT2D eigenvalue weighted by Gasteiger charge is 2.30. The fourth-order valence-electron chi connectivity index (χ4n) is 2.21. The van der Waals surface area contributed by atoms with Crippen molar-refractivity contribution >= 4 is 11.3 Å². The SMILES string of the molecule is CC(C)NCc1sc(-c2ccccc2F)nc1C1CC1. The van der Waals surface area contributed by atoms with Crippen LogP contribution in [0.25, 0.3) is 10.6 Å². The molecular weight excluding hydrogens is 271 g/mol. The molecule has 106 valence electrons. The Morgan fingerprint density at radius 2 is 2.10 bits per heavy atom. The number of halogens is 1. The lowest BCUT2D eigenvalue weighted by Crippen LogP contribution is -2.21. The molecule has 2 nitrogen and oxygen atoms in total. The molecule has 2 aromatic rings. The fraction of sp³-hybridized carbons (Fsp3) is 0.438. The number of rotatable bonds is 5. The summed E-state index contributed by atoms with van der Waals surface area (Å²) in [4.78, 5) is 5.98. The van der Waals surface area contributed by atoms with Crippen molar-refractivity contribution in [3.8, 4) is 10.6 Å². The summed E-state index contributed by atoms with van der Waals surface area (Å²) in [6.07, 6.45) is 2.43. The highest BCUT2D eigenvalue weighted by atomic mass is 32.1. The summed E-state index contributed by atoms with van der Waals surface area (Å²) in [6.45, 7) is 5.10. The summed E-state index contributed by atoms with van der Waals surface area (Å²) in [7, 11) is 0. The van der Waals surface area contributed by atoms with E-state index in [1.165, 1.54) is 29.5 Å². The monoisotopic (exact) mass is 290 g/mol. The second kappa shape index (κ2) is 5.62. The molecule has 0 spiro atoms. The van der Waals surface area contributed by atoms with Gasteiger partial charge >= 0.3 is 0 Å². The van der Waals surface area contributed by atoms with Gasteiger partial charge < -0.3 is 5.32 Å². The van der Waals surface area contributed by atoms with Crippen molar-refractivity contribution in [1.82, 2.24) is 10.3 Å². The van der Waals surface area contributed by atoms with Gasteiger partial charge in [0.2, 0.25) is 0 Å². The Morgan fingerprint density at radius 1 is 1.35 bits per heavy atom. The largest absolute Gasteiger partial charge is 0.310 e. The van der Waals surface area contributed by atoms with Gasteiger partial charge in [-0.15, -0.1) is 11.3 Å². The standard InChI is InChI=1S/C16H19FN2S/c1-10(2)18-9-14-15(11-7-8-11)19-16(20-14)12-5-3-4-6-13(12)17/h3-6,10-11,18H,7-9H2,1-2H3. The average Bonchev–Trinajstić information content (AvgIpc) is 3.18. The van der Waals surface area contributed by atoms with E-state index in [0.29, 0.717) is 17.5 Å². The van der Waals surface area contributed by atoms with E-state index >= 15 is 0 Å². The Kier molecular flexibility index (Phi) is 3.85. The molecular formula is C16H19FN2S. The molecule has 0 radical (unpaired) electrons. The molecule has 4 heteroatoms. The summed E-state index contributed by atoms with van der Waals surface area (Å²) >= 11 is 1.62. The predicted octanol–water partition coefficient (Wildman–Crippen LogP) is 4.32. The van der Waals surface area contributed by atoms with Crippen LogP contribution >= 0.6 is 11.3 Å². The Morgan fingerprint density at radius 3 is 2.75 bits per heavy atom. The van der Waals surface area contributed by atoms with E-state index in [4.69, 9.17) is 4.98 Å². The van der Waals surface area contributed by atoms with Gasteiger partial charge in [-0.2, -0.15) is 0 Å². The van der Waals surface area contributed by atoms with Crippen LogP contribution < -0.4 is 5.32 Å². The van der Waals surface area contributed by atoms with Crippen molar-refractivity contribution < 1.29 is 4.39 Å². The third kappa shape index (κ3) is 2.91. The van der Waals surface area contributed by atoms with Gasteiger partial charge in [-0.1, -0.05) is 26.0 Å². The molecule has 1 aromatic heterocycles. The van der Waals surface area contributed by atoms with Gasteiger partial charge in [0.15, 0.2) is 0 Å². The van der Waals surface area contributed by atoms with Crippen molar-refractivity contribution in [2.24, 2.45) is 0 Å². The fourth-order valence-corrected chi connectivity index (χ4v) is 3.34. The number of aromatic nitrogens is 1. The van der Waals surface area contributed by atoms with E-state index in [0.717, 1.165) is 11.6 Å². The van der Waals surface area contributed by atoms with E-state index in [1.807, 2.05) is 12.1 Å². The van der Waals surface area contributed by atoms with E-state index in [9.17, 15) is 4.39 Å². The minimum absolute atomic E-state index is 0.188. The summed E-state index contributed by atoms with van der Waals surface area (Å²) < 4.78 is 13.9. The van der Waals surface area contributed by atoms with Crippen LogP contribution in [0.1, 0.15) is 43.2 Å². The lowest BCUT2D eigenvalue weighted by molar-refractivity contribution is 0.590. The van der Waals surface area contributed by atoms with Crippen LogP contribution in [0.4, 0.5) is 4.39 Å². The van der Waals surface area contributed by atoms with Gasteiger partial charge in [0.25, 0.3) is 0 Å². The quantitative estimate of drug-likeness (QED) is 0.887. The molecule has 0 atom stereocenters. The molecule has 20 heavy (non-hydrogen) atoms. The van der Waals surface area contributed by atoms with Crippen molar-refractivity contribution in [2.75, 3.05) is 0 Å². The normalized spacial score (nSPS) is 15.0. The molecule has 1 N–H and O–H groups in total. The smallest absolute Gasteiger partial charge is 0.133 e. The molecule has 1 heterocycles. The molecule has 1 aliphatic rings. The first-order valence-corrected chi connectivity index (χ1v) is 7.94. The maximum atomic E-state index is 13.9. The average molecular weight is 290 g/mol. The van der Waals surface area contributed by atoms with Crippen molar-refractivity contribution in [3.63, 3.8) is 0 Å². The number of hydrogen-bond acceptors (Lipinski definition) is 3. The molecule has 0 unspecified atom stereocenters. The van der Waals surface area contributed by atoms with E-state index in [1.54, 1.807) is 17.4 Å². The first-order chi connectivity index (χ1) is 9.65. The van der Waals surface area contributed by atoms with Crippen LogP contribution in [0.15, 0.2) is 24.3 Å². The van der Waals surface area contributed by atoms with Crippen molar-refractivity contribution in [2.45, 2.75) is 45.2 Å². The first kappa shape index (κ1) is 13.7. The van der Waals surface area contributed by atoms with Crippen LogP contribution in [-0.2, 0) is 6.54 Å². The minimum Gasteiger partial charge on any atom is -0.310 e. The zero-order valence-corrected chi connectivity index (χ0v) is 12.6. The van der Waals surface area contributed by atoms with E-state index in [-0.39, 0.29) is 5.82 Å². The van der Waals surface area contributed by atoms with Gasteiger partial charge in [-0.05, 0) is 25.0 Å². The number of nitrogens with zero attached hydrogens (tertiary/aromatic N) is 1. The van der Waals surface area contributed by atoms with Crippen molar-refractivity contribution in [3.05, 3.63) is 40.7 Å². The Labute approximate surface area is 123 Å². The highest BCUT2D eigenvalue weighted by molar-refractivity contribution is 7.15. The predicted molar refractivity (Wildman–Crippen MR) is 81.5 cm³/mol. The van der Waals surface area contributed by atoms with Crippen LogP contribution in [-0.4, -0.2) is 11.0 Å². The zero-order valence-electron chi connectivity index (χ0n) is 11.8. The molecule has 0 amide bonds. The summed E-state index contributed by atoms with van der Waals surface area (Å²) in [5, 5.41) is 4.25. The summed E-state index contributed by atoms with van der Waals surface area (Å²) in [5.41, 5.74) is 1.80. The third-order valence-corrected chi connectivity index (χ3v) is 4.57. The molecule has 3 rings (SSSR count). The first-order valence-electron chi connectivity index (χ1n) is 7.13. The zero-order chi connectivity index (χ0) is 14.1. The number of hydrogen-bond donors (Lipinski definition) is 1. The van der Waals surface area contributed by atoms with Crippen LogP contribution in [0.3, 0.4) is 0 Å². The van der Waals surface area contributed by atoms with Crippen molar-refractivity contribution in [1.29, 1.82) is 0 Å². The summed E-state index contributed by atoms with van der Waals surface area (Å²) in [6, 6.07) is 7.34. The minimum atomic E-state index is -0.188. The molecule has 1 fully saturated rings. The van der Waals surface area contributed by atoms with E-state index in [2.05, 4.69) is 19.2 Å². The Hall–Kier alpha value is -1.26. The van der Waals surface area contributed by atoms with Crippen LogP contribution in [0, 0.1) is 5.82 Å². The molecule has 1 saturated carbocycles. The summed E-state index contributed by atoms with van der Waals surface area (Å²) in [5.74, 6) is 0.405. The molecule has 0 bridgehead atoms. The second-order valence-corrected chi connectivity index (χ2v) is 6.70. The molecule has 0 aliphatic heterocycles. The van der Waals surface area contributed by atoms with E-state index < -0.39 is 0 Å². The number of nitrogens with one attached hydrogen (secondary N) is 1. The van der Waals surface area contributed by atoms with Crippen LogP contribution in [0.2, 0.25) is 0 Å². The van der Waals surface area contributed by atoms with Gasteiger partial charge in [-0.25, -0.2) is 9.37 Å². The lowest BCUT2D eigenvalue weighted by Gasteiger charge is -2.07. The van der Waals surface area contributed by atoms with Crippen LogP contribution in [0.5, 0.6) is 0 Å². The maximum Gasteiger partial charge on any atom is 0.133 e. The Bertz CT molecular complexity index is 602. The third-order valence-electron chi connectivity index (χ3n) is 3.47. The second-order valence-electron chi connectivity index (χ2n) is 5.62.